The Morgan fingerprint density at radius 3 is 2.13 bits per heavy atom. The van der Waals surface area contributed by atoms with Crippen molar-refractivity contribution in [2.45, 2.75) is 53.4 Å². The predicted octanol–water partition coefficient (Wildman–Crippen LogP) is 7.81. The third-order valence-corrected chi connectivity index (χ3v) is 8.94. The highest BCUT2D eigenvalue weighted by atomic mass is 32.2. The van der Waals surface area contributed by atoms with E-state index in [0.29, 0.717) is 16.2 Å². The Labute approximate surface area is 236 Å². The van der Waals surface area contributed by atoms with Crippen LogP contribution < -0.4 is 4.74 Å². The van der Waals surface area contributed by atoms with Crippen LogP contribution in [0, 0.1) is 0 Å². The molecule has 7 nitrogen and oxygen atoms in total. The van der Waals surface area contributed by atoms with E-state index in [1.54, 1.807) is 32.2 Å². The normalized spacial score (nSPS) is 15.0. The fourth-order valence-corrected chi connectivity index (χ4v) is 6.49. The van der Waals surface area contributed by atoms with Crippen LogP contribution in [0.15, 0.2) is 59.0 Å². The van der Waals surface area contributed by atoms with Crippen LogP contribution in [-0.2, 0) is 18.4 Å². The van der Waals surface area contributed by atoms with Crippen LogP contribution in [0.2, 0.25) is 0 Å². The summed E-state index contributed by atoms with van der Waals surface area (Å²) in [6.45, 7) is 12.5. The van der Waals surface area contributed by atoms with Gasteiger partial charge >= 0.3 is 13.6 Å². The van der Waals surface area contributed by atoms with Crippen molar-refractivity contribution in [2.24, 2.45) is 0 Å². The molecule has 3 rings (SSSR count). The molecule has 0 atom stereocenters. The van der Waals surface area contributed by atoms with Gasteiger partial charge in [-0.15, -0.1) is 0 Å². The molecule has 0 aromatic heterocycles. The monoisotopic (exact) mass is 571 g/mol. The molecular weight excluding hydrogens is 533 g/mol. The summed E-state index contributed by atoms with van der Waals surface area (Å²) in [5.41, 5.74) is 3.13. The fraction of sp³-hybridized carbons (Fsp3) is 0.400. The molecule has 39 heavy (non-hydrogen) atoms. The van der Waals surface area contributed by atoms with E-state index in [-0.39, 0.29) is 43.7 Å². The molecule has 1 amide bonds. The second-order valence-electron chi connectivity index (χ2n) is 9.67. The van der Waals surface area contributed by atoms with Crippen molar-refractivity contribution in [3.8, 4) is 5.75 Å². The quantitative estimate of drug-likeness (QED) is 0.111. The van der Waals surface area contributed by atoms with Gasteiger partial charge in [-0.25, -0.2) is 4.79 Å². The maximum atomic E-state index is 13.3. The Hall–Kier alpha value is -2.64. The van der Waals surface area contributed by atoms with Gasteiger partial charge in [-0.05, 0) is 78.1 Å². The number of hydrogen-bond acceptors (Lipinski definition) is 7. The zero-order valence-corrected chi connectivity index (χ0v) is 25.2. The largest absolute Gasteiger partial charge is 0.422 e. The minimum Gasteiger partial charge on any atom is -0.422 e. The van der Waals surface area contributed by atoms with Crippen LogP contribution in [0.25, 0.3) is 6.08 Å². The van der Waals surface area contributed by atoms with Gasteiger partial charge in [-0.1, -0.05) is 57.7 Å². The number of carbonyl (C=O) groups excluding carboxylic acids is 2. The number of nitrogens with zero attached hydrogens (tertiary/aromatic N) is 1. The molecule has 2 aromatic carbocycles. The lowest BCUT2D eigenvalue weighted by atomic mass is 9.91. The Morgan fingerprint density at radius 2 is 1.59 bits per heavy atom. The molecule has 0 spiro atoms. The van der Waals surface area contributed by atoms with Crippen LogP contribution in [0.1, 0.15) is 80.4 Å². The van der Waals surface area contributed by atoms with Crippen LogP contribution in [0.5, 0.6) is 5.75 Å². The van der Waals surface area contributed by atoms with E-state index in [1.165, 1.54) is 16.7 Å². The van der Waals surface area contributed by atoms with E-state index >= 15 is 0 Å². The number of carbonyl (C=O) groups is 2. The van der Waals surface area contributed by atoms with Gasteiger partial charge in [0.2, 0.25) is 0 Å². The molecule has 0 N–H and O–H groups in total. The van der Waals surface area contributed by atoms with E-state index in [0.717, 1.165) is 16.7 Å². The summed E-state index contributed by atoms with van der Waals surface area (Å²) in [4.78, 5) is 28.3. The fourth-order valence-electron chi connectivity index (χ4n) is 4.13. The van der Waals surface area contributed by atoms with Crippen molar-refractivity contribution in [1.29, 1.82) is 0 Å². The molecule has 0 bridgehead atoms. The molecule has 1 aliphatic rings. The summed E-state index contributed by atoms with van der Waals surface area (Å²) in [5, 5.41) is 1.84. The highest BCUT2D eigenvalue weighted by Crippen LogP contribution is 2.48. The average Bonchev–Trinajstić information content (AvgIpc) is 2.90. The number of hydrogen-bond donors (Lipinski definition) is 0. The van der Waals surface area contributed by atoms with Gasteiger partial charge < -0.3 is 18.7 Å². The number of benzene rings is 2. The number of esters is 1. The molecule has 210 valence electrons. The van der Waals surface area contributed by atoms with Crippen LogP contribution >= 0.6 is 19.4 Å². The van der Waals surface area contributed by atoms with Gasteiger partial charge in [0.1, 0.15) is 5.75 Å². The minimum absolute atomic E-state index is 0.0804. The number of ether oxygens (including phenoxy) is 1. The lowest BCUT2D eigenvalue weighted by Gasteiger charge is -2.25. The summed E-state index contributed by atoms with van der Waals surface area (Å²) >= 11 is 1.34. The zero-order valence-electron chi connectivity index (χ0n) is 23.5. The van der Waals surface area contributed by atoms with Crippen molar-refractivity contribution >= 4 is 37.3 Å². The van der Waals surface area contributed by atoms with E-state index in [1.807, 2.05) is 41.8 Å². The van der Waals surface area contributed by atoms with Crippen molar-refractivity contribution in [1.82, 2.24) is 4.90 Å². The number of amides is 1. The first-order valence-electron chi connectivity index (χ1n) is 13.3. The Kier molecular flexibility index (Phi) is 11.2. The SMILES string of the molecule is CCOP(=O)(CCN1C=CSC(=Cc2cc(C(C)C)c(OC(=O)c3ccccc3)c(C(C)C)c2)C1=O)OCC. The van der Waals surface area contributed by atoms with Gasteiger partial charge in [0.05, 0.1) is 29.8 Å². The van der Waals surface area contributed by atoms with Gasteiger partial charge in [-0.2, -0.15) is 0 Å². The molecular formula is C30H38NO6PS. The molecule has 0 radical (unpaired) electrons. The highest BCUT2D eigenvalue weighted by molar-refractivity contribution is 8.06. The van der Waals surface area contributed by atoms with Crippen LogP contribution in [0.3, 0.4) is 0 Å². The van der Waals surface area contributed by atoms with Gasteiger partial charge in [0.15, 0.2) is 0 Å². The Morgan fingerprint density at radius 1 is 1.00 bits per heavy atom. The first-order chi connectivity index (χ1) is 18.6. The molecule has 0 saturated carbocycles. The van der Waals surface area contributed by atoms with Gasteiger partial charge in [0, 0.05) is 12.7 Å². The summed E-state index contributed by atoms with van der Waals surface area (Å²) < 4.78 is 29.6. The van der Waals surface area contributed by atoms with Crippen molar-refractivity contribution in [2.75, 3.05) is 25.9 Å². The standard InChI is InChI=1S/C30H38NO6PS/c1-7-35-38(34,36-8-2)16-14-31-15-17-39-27(29(31)32)20-23-18-25(21(3)4)28(26(19-23)22(5)6)37-30(33)24-12-10-9-11-13-24/h9-13,15,17-22H,7-8,14,16H2,1-6H3. The van der Waals surface area contributed by atoms with Crippen LogP contribution in [-0.4, -0.2) is 42.7 Å². The topological polar surface area (TPSA) is 82.1 Å². The first kappa shape index (κ1) is 30.9. The summed E-state index contributed by atoms with van der Waals surface area (Å²) in [5.74, 6) is 0.149. The van der Waals surface area contributed by atoms with Crippen LogP contribution in [0.4, 0.5) is 0 Å². The maximum absolute atomic E-state index is 13.3. The zero-order chi connectivity index (χ0) is 28.6. The van der Waals surface area contributed by atoms with E-state index in [9.17, 15) is 14.2 Å². The number of rotatable bonds is 12. The molecule has 0 aliphatic carbocycles. The van der Waals surface area contributed by atoms with Crippen molar-refractivity contribution in [3.05, 3.63) is 81.2 Å². The summed E-state index contributed by atoms with van der Waals surface area (Å²) in [6.07, 6.45) is 3.66. The molecule has 1 aliphatic heterocycles. The third kappa shape index (κ3) is 8.18. The van der Waals surface area contributed by atoms with Gasteiger partial charge in [-0.3, -0.25) is 9.36 Å². The second-order valence-corrected chi connectivity index (χ2v) is 12.8. The first-order valence-corrected chi connectivity index (χ1v) is 15.9. The third-order valence-electron chi connectivity index (χ3n) is 6.09. The summed E-state index contributed by atoms with van der Waals surface area (Å²) in [7, 11) is -3.27. The smallest absolute Gasteiger partial charge is 0.343 e. The van der Waals surface area contributed by atoms with E-state index in [4.69, 9.17) is 13.8 Å². The molecule has 1 heterocycles. The molecule has 0 saturated heterocycles. The molecule has 9 heteroatoms. The highest BCUT2D eigenvalue weighted by Gasteiger charge is 2.28. The molecule has 0 fully saturated rings. The van der Waals surface area contributed by atoms with E-state index in [2.05, 4.69) is 27.7 Å². The lowest BCUT2D eigenvalue weighted by molar-refractivity contribution is -0.123. The molecule has 2 aromatic rings. The summed E-state index contributed by atoms with van der Waals surface area (Å²) in [6, 6.07) is 12.9. The van der Waals surface area contributed by atoms with Crippen molar-refractivity contribution < 1.29 is 27.9 Å². The maximum Gasteiger partial charge on any atom is 0.343 e. The van der Waals surface area contributed by atoms with Crippen molar-refractivity contribution in [3.63, 3.8) is 0 Å². The molecule has 0 unspecified atom stereocenters. The Balaban J connectivity index is 1.91. The number of thioether (sulfide) groups is 1. The lowest BCUT2D eigenvalue weighted by Crippen LogP contribution is -2.31. The average molecular weight is 572 g/mol. The van der Waals surface area contributed by atoms with E-state index < -0.39 is 13.6 Å². The Bertz CT molecular complexity index is 1230. The van der Waals surface area contributed by atoms with Gasteiger partial charge in [0.25, 0.3) is 5.91 Å². The second kappa shape index (κ2) is 14.1. The predicted molar refractivity (Wildman–Crippen MR) is 158 cm³/mol. The minimum atomic E-state index is -3.27.